The van der Waals surface area contributed by atoms with E-state index in [9.17, 15) is 13.2 Å². The molecule has 21 heavy (non-hydrogen) atoms. The molecule has 1 N–H and O–H groups in total. The summed E-state index contributed by atoms with van der Waals surface area (Å²) in [4.78, 5) is 2.30. The molecule has 2 fully saturated rings. The number of nitrogens with one attached hydrogen (secondary N) is 1. The van der Waals surface area contributed by atoms with Gasteiger partial charge >= 0.3 is 6.18 Å². The second-order valence-corrected chi connectivity index (χ2v) is 6.21. The number of halogens is 4. The van der Waals surface area contributed by atoms with Gasteiger partial charge in [0.05, 0.1) is 10.6 Å². The fourth-order valence-electron chi connectivity index (χ4n) is 3.10. The Morgan fingerprint density at radius 2 is 1.86 bits per heavy atom. The Bertz CT molecular complexity index is 508. The van der Waals surface area contributed by atoms with Crippen molar-refractivity contribution in [2.24, 2.45) is 5.92 Å². The quantitative estimate of drug-likeness (QED) is 0.914. The lowest BCUT2D eigenvalue weighted by atomic mass is 9.97. The Kier molecular flexibility index (Phi) is 4.17. The summed E-state index contributed by atoms with van der Waals surface area (Å²) in [6.45, 7) is 3.54. The monoisotopic (exact) mass is 318 g/mol. The molecular formula is C15H18ClF3N2. The lowest BCUT2D eigenvalue weighted by Gasteiger charge is -2.35. The maximum Gasteiger partial charge on any atom is 0.417 e. The molecule has 1 aliphatic carbocycles. The van der Waals surface area contributed by atoms with E-state index in [0.29, 0.717) is 5.92 Å². The van der Waals surface area contributed by atoms with Crippen molar-refractivity contribution in [3.63, 3.8) is 0 Å². The van der Waals surface area contributed by atoms with Crippen LogP contribution in [0.15, 0.2) is 18.2 Å². The van der Waals surface area contributed by atoms with Gasteiger partial charge in [-0.05, 0) is 36.5 Å². The predicted octanol–water partition coefficient (Wildman–Crippen LogP) is 3.72. The Labute approximate surface area is 127 Å². The average molecular weight is 319 g/mol. The summed E-state index contributed by atoms with van der Waals surface area (Å²) >= 11 is 5.72. The maximum absolute atomic E-state index is 13.0. The Hall–Kier alpha value is -0.780. The number of hydrogen-bond acceptors (Lipinski definition) is 2. The molecule has 0 amide bonds. The van der Waals surface area contributed by atoms with Gasteiger partial charge < -0.3 is 5.32 Å². The normalized spacial score (nSPS) is 22.3. The van der Waals surface area contributed by atoms with E-state index in [1.807, 2.05) is 0 Å². The molecule has 0 bridgehead atoms. The summed E-state index contributed by atoms with van der Waals surface area (Å²) in [5, 5.41) is 3.06. The summed E-state index contributed by atoms with van der Waals surface area (Å²) in [7, 11) is 0. The van der Waals surface area contributed by atoms with Crippen LogP contribution in [-0.2, 0) is 6.18 Å². The summed E-state index contributed by atoms with van der Waals surface area (Å²) in [6, 6.07) is 4.47. The summed E-state index contributed by atoms with van der Waals surface area (Å²) in [5.41, 5.74) is 0.0265. The summed E-state index contributed by atoms with van der Waals surface area (Å²) < 4.78 is 39.1. The van der Waals surface area contributed by atoms with Gasteiger partial charge in [-0.3, -0.25) is 4.90 Å². The van der Waals surface area contributed by atoms with Crippen LogP contribution >= 0.6 is 11.6 Å². The van der Waals surface area contributed by atoms with Crippen LogP contribution in [0.2, 0.25) is 5.02 Å². The molecule has 116 valence electrons. The van der Waals surface area contributed by atoms with Gasteiger partial charge in [0.2, 0.25) is 0 Å². The molecule has 0 spiro atoms. The Balaban J connectivity index is 1.92. The van der Waals surface area contributed by atoms with Gasteiger partial charge in [0, 0.05) is 32.2 Å². The number of rotatable bonds is 3. The van der Waals surface area contributed by atoms with Gasteiger partial charge in [0.25, 0.3) is 0 Å². The highest BCUT2D eigenvalue weighted by molar-refractivity contribution is 6.31. The molecule has 1 saturated heterocycles. The summed E-state index contributed by atoms with van der Waals surface area (Å²) in [6.07, 6.45) is -2.21. The van der Waals surface area contributed by atoms with Crippen LogP contribution < -0.4 is 5.32 Å². The standard InChI is InChI=1S/C15H18ClF3N2/c16-13-4-3-11(9-12(13)15(17,18)19)14(10-1-2-10)21-7-5-20-6-8-21/h3-4,9-10,14,20H,1-2,5-8H2/t14-/m1/s1. The van der Waals surface area contributed by atoms with E-state index in [4.69, 9.17) is 11.6 Å². The third kappa shape index (κ3) is 3.35. The van der Waals surface area contributed by atoms with Crippen LogP contribution in [0, 0.1) is 5.92 Å². The molecule has 0 aromatic heterocycles. The van der Waals surface area contributed by atoms with Crippen molar-refractivity contribution in [2.45, 2.75) is 25.1 Å². The highest BCUT2D eigenvalue weighted by Gasteiger charge is 2.39. The van der Waals surface area contributed by atoms with E-state index in [2.05, 4.69) is 10.2 Å². The lowest BCUT2D eigenvalue weighted by molar-refractivity contribution is -0.137. The first-order valence-corrected chi connectivity index (χ1v) is 7.66. The van der Waals surface area contributed by atoms with E-state index < -0.39 is 11.7 Å². The first kappa shape index (κ1) is 15.1. The third-order valence-electron chi connectivity index (χ3n) is 4.25. The largest absolute Gasteiger partial charge is 0.417 e. The third-order valence-corrected chi connectivity index (χ3v) is 4.58. The minimum Gasteiger partial charge on any atom is -0.314 e. The van der Waals surface area contributed by atoms with Gasteiger partial charge in [0.15, 0.2) is 0 Å². The van der Waals surface area contributed by atoms with E-state index in [-0.39, 0.29) is 11.1 Å². The number of alkyl halides is 3. The number of piperazine rings is 1. The summed E-state index contributed by atoms with van der Waals surface area (Å²) in [5.74, 6) is 0.477. The van der Waals surface area contributed by atoms with Crippen molar-refractivity contribution in [3.8, 4) is 0 Å². The second-order valence-electron chi connectivity index (χ2n) is 5.81. The highest BCUT2D eigenvalue weighted by Crippen LogP contribution is 2.46. The Morgan fingerprint density at radius 3 is 2.43 bits per heavy atom. The van der Waals surface area contributed by atoms with Crippen molar-refractivity contribution in [3.05, 3.63) is 34.3 Å². The molecule has 3 rings (SSSR count). The van der Waals surface area contributed by atoms with Crippen molar-refractivity contribution < 1.29 is 13.2 Å². The number of nitrogens with zero attached hydrogens (tertiary/aromatic N) is 1. The average Bonchev–Trinajstić information content (AvgIpc) is 3.25. The molecule has 6 heteroatoms. The molecular weight excluding hydrogens is 301 g/mol. The molecule has 1 aromatic rings. The molecule has 1 aliphatic heterocycles. The van der Waals surface area contributed by atoms with Crippen molar-refractivity contribution in [2.75, 3.05) is 26.2 Å². The lowest BCUT2D eigenvalue weighted by Crippen LogP contribution is -2.45. The first-order chi connectivity index (χ1) is 9.97. The van der Waals surface area contributed by atoms with E-state index in [0.717, 1.165) is 44.6 Å². The molecule has 0 radical (unpaired) electrons. The van der Waals surface area contributed by atoms with Crippen molar-refractivity contribution >= 4 is 11.6 Å². The zero-order valence-corrected chi connectivity index (χ0v) is 12.3. The molecule has 1 atom stereocenters. The fourth-order valence-corrected chi connectivity index (χ4v) is 3.32. The van der Waals surface area contributed by atoms with Crippen LogP contribution in [0.3, 0.4) is 0 Å². The zero-order chi connectivity index (χ0) is 15.0. The fraction of sp³-hybridized carbons (Fsp3) is 0.600. The van der Waals surface area contributed by atoms with E-state index in [1.165, 1.54) is 12.1 Å². The van der Waals surface area contributed by atoms with Gasteiger partial charge in [-0.15, -0.1) is 0 Å². The Morgan fingerprint density at radius 1 is 1.19 bits per heavy atom. The van der Waals surface area contributed by atoms with Crippen LogP contribution in [0.5, 0.6) is 0 Å². The topological polar surface area (TPSA) is 15.3 Å². The minimum absolute atomic E-state index is 0.0884. The zero-order valence-electron chi connectivity index (χ0n) is 11.6. The minimum atomic E-state index is -4.40. The first-order valence-electron chi connectivity index (χ1n) is 7.28. The maximum atomic E-state index is 13.0. The van der Waals surface area contributed by atoms with Gasteiger partial charge in [0.1, 0.15) is 0 Å². The molecule has 1 heterocycles. The smallest absolute Gasteiger partial charge is 0.314 e. The van der Waals surface area contributed by atoms with Crippen molar-refractivity contribution in [1.82, 2.24) is 10.2 Å². The van der Waals surface area contributed by atoms with Crippen LogP contribution in [0.4, 0.5) is 13.2 Å². The van der Waals surface area contributed by atoms with Gasteiger partial charge in [-0.2, -0.15) is 13.2 Å². The van der Waals surface area contributed by atoms with E-state index >= 15 is 0 Å². The molecule has 2 aliphatic rings. The molecule has 1 aromatic carbocycles. The van der Waals surface area contributed by atoms with E-state index in [1.54, 1.807) is 6.07 Å². The van der Waals surface area contributed by atoms with Gasteiger partial charge in [-0.1, -0.05) is 17.7 Å². The van der Waals surface area contributed by atoms with Crippen LogP contribution in [0.1, 0.15) is 30.0 Å². The van der Waals surface area contributed by atoms with Crippen LogP contribution in [-0.4, -0.2) is 31.1 Å². The number of benzene rings is 1. The molecule has 0 unspecified atom stereocenters. The number of hydrogen-bond donors (Lipinski definition) is 1. The molecule has 2 nitrogen and oxygen atoms in total. The SMILES string of the molecule is FC(F)(F)c1cc([C@@H](C2CC2)N2CCNCC2)ccc1Cl. The van der Waals surface area contributed by atoms with Crippen molar-refractivity contribution in [1.29, 1.82) is 0 Å². The van der Waals surface area contributed by atoms with Crippen LogP contribution in [0.25, 0.3) is 0 Å². The second kappa shape index (κ2) is 5.78. The van der Waals surface area contributed by atoms with Gasteiger partial charge in [-0.25, -0.2) is 0 Å². The highest BCUT2D eigenvalue weighted by atomic mass is 35.5. The molecule has 1 saturated carbocycles. The predicted molar refractivity (Wildman–Crippen MR) is 76.4 cm³/mol.